The Morgan fingerprint density at radius 3 is 2.63 bits per heavy atom. The number of benzene rings is 1. The van der Waals surface area contributed by atoms with Gasteiger partial charge in [-0.1, -0.05) is 13.8 Å². The molecule has 8 heteroatoms. The van der Waals surface area contributed by atoms with Crippen molar-refractivity contribution in [1.82, 2.24) is 14.8 Å². The van der Waals surface area contributed by atoms with Crippen molar-refractivity contribution in [2.45, 2.75) is 52.3 Å². The first kappa shape index (κ1) is 26.6. The summed E-state index contributed by atoms with van der Waals surface area (Å²) in [6.45, 7) is 8.64. The summed E-state index contributed by atoms with van der Waals surface area (Å²) in [6, 6.07) is 9.34. The number of aromatic nitrogens is 1. The number of hydrogen-bond acceptors (Lipinski definition) is 6. The van der Waals surface area contributed by atoms with Crippen LogP contribution < -0.4 is 10.1 Å². The first-order valence-corrected chi connectivity index (χ1v) is 12.3. The summed E-state index contributed by atoms with van der Waals surface area (Å²) in [7, 11) is 3.48. The van der Waals surface area contributed by atoms with Crippen LogP contribution in [0.3, 0.4) is 0 Å². The molecule has 3 rings (SSSR count). The Morgan fingerprint density at radius 2 is 1.94 bits per heavy atom. The second kappa shape index (κ2) is 12.7. The quantitative estimate of drug-likeness (QED) is 0.674. The van der Waals surface area contributed by atoms with Gasteiger partial charge < -0.3 is 19.7 Å². The normalized spacial score (nSPS) is 21.9. The number of carbonyl (C=O) groups is 2. The molecule has 1 aliphatic rings. The van der Waals surface area contributed by atoms with Gasteiger partial charge in [-0.25, -0.2) is 0 Å². The fraction of sp³-hybridized carbons (Fsp3) is 0.519. The second-order valence-electron chi connectivity index (χ2n) is 9.39. The number of hydrogen-bond donors (Lipinski definition) is 1. The van der Waals surface area contributed by atoms with E-state index in [0.29, 0.717) is 36.6 Å². The number of nitrogens with one attached hydrogen (secondary N) is 1. The highest BCUT2D eigenvalue weighted by Gasteiger charge is 2.28. The van der Waals surface area contributed by atoms with Crippen LogP contribution in [0.1, 0.15) is 49.5 Å². The first-order valence-electron chi connectivity index (χ1n) is 12.3. The SMILES string of the molecule is CCCC(=O)Nc1ccc2c(c1)OC[C@H](C)N(Cc1ccncc1)C[C@H](C)[C@@H](OC)CN(C)C2=O. The maximum atomic E-state index is 13.3. The Hall–Kier alpha value is -2.97. The lowest BCUT2D eigenvalue weighted by Crippen LogP contribution is -2.46. The number of amides is 2. The molecule has 2 amide bonds. The summed E-state index contributed by atoms with van der Waals surface area (Å²) in [5.41, 5.74) is 2.26. The number of methoxy groups -OCH3 is 1. The van der Waals surface area contributed by atoms with Crippen LogP contribution >= 0.6 is 0 Å². The molecule has 0 spiro atoms. The lowest BCUT2D eigenvalue weighted by atomic mass is 10.0. The molecule has 3 atom stereocenters. The van der Waals surface area contributed by atoms with Gasteiger partial charge in [0.05, 0.1) is 11.7 Å². The van der Waals surface area contributed by atoms with Crippen molar-refractivity contribution in [2.24, 2.45) is 5.92 Å². The van der Waals surface area contributed by atoms with Gasteiger partial charge >= 0.3 is 0 Å². The molecule has 1 aromatic heterocycles. The Kier molecular flexibility index (Phi) is 9.63. The second-order valence-corrected chi connectivity index (χ2v) is 9.39. The van der Waals surface area contributed by atoms with Gasteiger partial charge in [-0.2, -0.15) is 0 Å². The molecule has 2 aromatic rings. The highest BCUT2D eigenvalue weighted by Crippen LogP contribution is 2.27. The molecule has 190 valence electrons. The molecule has 1 aliphatic heterocycles. The molecule has 8 nitrogen and oxygen atoms in total. The number of likely N-dealkylation sites (N-methyl/N-ethyl adjacent to an activating group) is 1. The van der Waals surface area contributed by atoms with Crippen LogP contribution in [0.2, 0.25) is 0 Å². The number of ether oxygens (including phenoxy) is 2. The van der Waals surface area contributed by atoms with Crippen LogP contribution in [-0.4, -0.2) is 72.6 Å². The Balaban J connectivity index is 1.92. The van der Waals surface area contributed by atoms with E-state index in [1.54, 1.807) is 49.7 Å². The molecule has 0 unspecified atom stereocenters. The number of pyridine rings is 1. The van der Waals surface area contributed by atoms with Crippen LogP contribution in [0.15, 0.2) is 42.7 Å². The van der Waals surface area contributed by atoms with Gasteiger partial charge in [0.2, 0.25) is 5.91 Å². The van der Waals surface area contributed by atoms with Gasteiger partial charge in [0.15, 0.2) is 0 Å². The lowest BCUT2D eigenvalue weighted by Gasteiger charge is -2.36. The molecule has 2 heterocycles. The van der Waals surface area contributed by atoms with Crippen molar-refractivity contribution in [3.63, 3.8) is 0 Å². The molecule has 0 saturated carbocycles. The molecule has 0 aliphatic carbocycles. The van der Waals surface area contributed by atoms with E-state index in [1.165, 1.54) is 5.56 Å². The van der Waals surface area contributed by atoms with Gasteiger partial charge in [0, 0.05) is 70.4 Å². The van der Waals surface area contributed by atoms with Crippen molar-refractivity contribution in [3.05, 3.63) is 53.9 Å². The standard InChI is InChI=1S/C27H38N4O4/c1-6-7-26(32)29-22-8-9-23-24(14-22)35-18-20(3)31(16-21-10-12-28-13-11-21)15-19(2)25(34-5)17-30(4)27(23)33/h8-14,19-20,25H,6-7,15-18H2,1-5H3,(H,29,32)/t19-,20-,25-/m0/s1. The fourth-order valence-corrected chi connectivity index (χ4v) is 4.32. The van der Waals surface area contributed by atoms with E-state index in [2.05, 4.69) is 29.0 Å². The van der Waals surface area contributed by atoms with Crippen LogP contribution in [0.5, 0.6) is 5.75 Å². The highest BCUT2D eigenvalue weighted by atomic mass is 16.5. The number of fused-ring (bicyclic) bond motifs is 1. The molecular weight excluding hydrogens is 444 g/mol. The summed E-state index contributed by atoms with van der Waals surface area (Å²) in [5, 5.41) is 2.90. The van der Waals surface area contributed by atoms with E-state index in [-0.39, 0.29) is 29.9 Å². The number of rotatable bonds is 6. The average Bonchev–Trinajstić information content (AvgIpc) is 2.85. The van der Waals surface area contributed by atoms with Gasteiger partial charge in [0.1, 0.15) is 12.4 Å². The zero-order chi connectivity index (χ0) is 25.4. The van der Waals surface area contributed by atoms with E-state index in [4.69, 9.17) is 9.47 Å². The molecule has 0 bridgehead atoms. The molecular formula is C27H38N4O4. The third-order valence-electron chi connectivity index (χ3n) is 6.47. The molecule has 0 radical (unpaired) electrons. The van der Waals surface area contributed by atoms with Gasteiger partial charge in [-0.15, -0.1) is 0 Å². The largest absolute Gasteiger partial charge is 0.491 e. The average molecular weight is 483 g/mol. The minimum Gasteiger partial charge on any atom is -0.491 e. The first-order chi connectivity index (χ1) is 16.8. The van der Waals surface area contributed by atoms with Gasteiger partial charge in [-0.05, 0) is 49.1 Å². The Bertz CT molecular complexity index is 984. The molecule has 0 saturated heterocycles. The monoisotopic (exact) mass is 482 g/mol. The molecule has 0 fully saturated rings. The summed E-state index contributed by atoms with van der Waals surface area (Å²) < 4.78 is 12.1. The minimum atomic E-state index is -0.137. The van der Waals surface area contributed by atoms with E-state index >= 15 is 0 Å². The van der Waals surface area contributed by atoms with Gasteiger partial charge in [-0.3, -0.25) is 19.5 Å². The van der Waals surface area contributed by atoms with Crippen molar-refractivity contribution in [2.75, 3.05) is 39.2 Å². The van der Waals surface area contributed by atoms with E-state index in [0.717, 1.165) is 19.5 Å². The minimum absolute atomic E-state index is 0.0575. The summed E-state index contributed by atoms with van der Waals surface area (Å²) in [4.78, 5) is 33.6. The highest BCUT2D eigenvalue weighted by molar-refractivity contribution is 5.98. The third kappa shape index (κ3) is 7.26. The molecule has 35 heavy (non-hydrogen) atoms. The maximum absolute atomic E-state index is 13.3. The number of nitrogens with zero attached hydrogens (tertiary/aromatic N) is 3. The van der Waals surface area contributed by atoms with E-state index < -0.39 is 0 Å². The molecule has 1 aromatic carbocycles. The van der Waals surface area contributed by atoms with Crippen molar-refractivity contribution in [1.29, 1.82) is 0 Å². The summed E-state index contributed by atoms with van der Waals surface area (Å²) in [6.07, 6.45) is 4.70. The fourth-order valence-electron chi connectivity index (χ4n) is 4.32. The zero-order valence-corrected chi connectivity index (χ0v) is 21.5. The predicted octanol–water partition coefficient (Wildman–Crippen LogP) is 3.83. The van der Waals surface area contributed by atoms with E-state index in [1.807, 2.05) is 19.1 Å². The van der Waals surface area contributed by atoms with Crippen molar-refractivity contribution < 1.29 is 19.1 Å². The third-order valence-corrected chi connectivity index (χ3v) is 6.47. The summed E-state index contributed by atoms with van der Waals surface area (Å²) >= 11 is 0. The Morgan fingerprint density at radius 1 is 1.20 bits per heavy atom. The predicted molar refractivity (Wildman–Crippen MR) is 137 cm³/mol. The van der Waals surface area contributed by atoms with Crippen molar-refractivity contribution in [3.8, 4) is 5.75 Å². The lowest BCUT2D eigenvalue weighted by molar-refractivity contribution is -0.116. The number of anilines is 1. The van der Waals surface area contributed by atoms with Crippen LogP contribution in [0.4, 0.5) is 5.69 Å². The van der Waals surface area contributed by atoms with Gasteiger partial charge in [0.25, 0.3) is 5.91 Å². The maximum Gasteiger partial charge on any atom is 0.257 e. The van der Waals surface area contributed by atoms with Crippen molar-refractivity contribution >= 4 is 17.5 Å². The topological polar surface area (TPSA) is 84.0 Å². The number of carbonyl (C=O) groups excluding carboxylic acids is 2. The summed E-state index contributed by atoms with van der Waals surface area (Å²) in [5.74, 6) is 0.462. The van der Waals surface area contributed by atoms with E-state index in [9.17, 15) is 9.59 Å². The van der Waals surface area contributed by atoms with Crippen LogP contribution in [-0.2, 0) is 16.1 Å². The molecule has 1 N–H and O–H groups in total. The van der Waals surface area contributed by atoms with Crippen LogP contribution in [0.25, 0.3) is 0 Å². The Labute approximate surface area is 208 Å². The zero-order valence-electron chi connectivity index (χ0n) is 21.5. The smallest absolute Gasteiger partial charge is 0.257 e. The van der Waals surface area contributed by atoms with Crippen LogP contribution in [0, 0.1) is 5.92 Å².